The number of imidazole rings is 1. The number of esters is 2. The standard InChI is InChI=1S/C42H59N3O11/c1-12-29-23-41(7,56-40(50)45-20-19-43-24-45)32(13-2)53-37(48)28(6)34(47)27(5)36(42(8,51-11)22-25(3)33(29)46)55-39-35(31(44(9)10)21-26(4)52-39)54-38(49)30-17-15-14-16-18-30/h14-20,23-28,31-32,35-36,39H,12-13,21-22H2,1-11H3/b29-23+/t25-,26-,27+,28-,31+,32-,35-,36-,39+,41+,42-/m1/s1. The number of carbonyl (C=O) groups excluding carboxylic acids is 5. The van der Waals surface area contributed by atoms with Gasteiger partial charge < -0.3 is 33.3 Å². The van der Waals surface area contributed by atoms with Gasteiger partial charge in [-0.2, -0.15) is 0 Å². The maximum Gasteiger partial charge on any atom is 0.420 e. The van der Waals surface area contributed by atoms with Gasteiger partial charge in [-0.3, -0.25) is 14.4 Å². The SMILES string of the molecule is CC/C1=C\[C@](C)(OC(=O)n2ccnc2)[C@@H](CC)OC(=O)[C@H](C)C(=O)[C@H](C)[C@@H](O[C@@H]2O[C@H](C)C[C@H](N(C)C)[C@H]2OC(=O)c2ccccc2)[C@](C)(OC)C[C@@H](C)C1=O. The summed E-state index contributed by atoms with van der Waals surface area (Å²) < 4.78 is 38.7. The molecule has 56 heavy (non-hydrogen) atoms. The first-order chi connectivity index (χ1) is 26.4. The van der Waals surface area contributed by atoms with Gasteiger partial charge in [0, 0.05) is 31.3 Å². The number of aromatic nitrogens is 2. The average molecular weight is 782 g/mol. The van der Waals surface area contributed by atoms with Crippen molar-refractivity contribution in [2.75, 3.05) is 21.2 Å². The zero-order chi connectivity index (χ0) is 41.5. The Balaban J connectivity index is 1.80. The number of nitrogens with zero attached hydrogens (tertiary/aromatic N) is 3. The number of cyclic esters (lactones) is 1. The lowest BCUT2D eigenvalue weighted by atomic mass is 9.76. The van der Waals surface area contributed by atoms with Gasteiger partial charge >= 0.3 is 18.0 Å². The summed E-state index contributed by atoms with van der Waals surface area (Å²) in [5, 5.41) is 0. The largest absolute Gasteiger partial charge is 0.457 e. The number of likely N-dealkylation sites (N-methyl/N-ethyl adjacent to an activating group) is 1. The molecule has 11 atom stereocenters. The van der Waals surface area contributed by atoms with Crippen LogP contribution >= 0.6 is 0 Å². The van der Waals surface area contributed by atoms with E-state index in [2.05, 4.69) is 4.98 Å². The fourth-order valence-corrected chi connectivity index (χ4v) is 7.80. The van der Waals surface area contributed by atoms with Gasteiger partial charge in [-0.15, -0.1) is 0 Å². The van der Waals surface area contributed by atoms with Crippen LogP contribution in [0.4, 0.5) is 4.79 Å². The fraction of sp³-hybridized carbons (Fsp3) is 0.619. The van der Waals surface area contributed by atoms with Crippen LogP contribution in [0.3, 0.4) is 0 Å². The molecule has 0 amide bonds. The lowest BCUT2D eigenvalue weighted by Gasteiger charge is -2.47. The van der Waals surface area contributed by atoms with Crippen LogP contribution in [0.15, 0.2) is 60.7 Å². The molecule has 0 bridgehead atoms. The van der Waals surface area contributed by atoms with Gasteiger partial charge in [-0.1, -0.05) is 45.9 Å². The normalized spacial score (nSPS) is 34.5. The van der Waals surface area contributed by atoms with Gasteiger partial charge in [-0.05, 0) is 91.3 Å². The molecule has 1 saturated heterocycles. The van der Waals surface area contributed by atoms with Crippen molar-refractivity contribution in [1.82, 2.24) is 14.5 Å². The van der Waals surface area contributed by atoms with Crippen molar-refractivity contribution >= 4 is 29.6 Å². The number of ketones is 2. The molecule has 2 aliphatic rings. The van der Waals surface area contributed by atoms with E-state index < -0.39 is 77.4 Å². The minimum absolute atomic E-state index is 0.0807. The summed E-state index contributed by atoms with van der Waals surface area (Å²) in [5.74, 6) is -5.18. The first-order valence-electron chi connectivity index (χ1n) is 19.4. The maximum atomic E-state index is 14.5. The maximum absolute atomic E-state index is 14.5. The molecular weight excluding hydrogens is 722 g/mol. The molecule has 1 fully saturated rings. The molecule has 1 aromatic heterocycles. The van der Waals surface area contributed by atoms with E-state index in [0.29, 0.717) is 17.6 Å². The van der Waals surface area contributed by atoms with E-state index in [9.17, 15) is 24.0 Å². The lowest BCUT2D eigenvalue weighted by Crippen LogP contribution is -2.60. The van der Waals surface area contributed by atoms with Crippen LogP contribution in [0.5, 0.6) is 0 Å². The number of hydrogen-bond acceptors (Lipinski definition) is 13. The van der Waals surface area contributed by atoms with E-state index in [4.69, 9.17) is 28.4 Å². The first kappa shape index (κ1) is 44.5. The van der Waals surface area contributed by atoms with Gasteiger partial charge in [0.1, 0.15) is 18.3 Å². The van der Waals surface area contributed by atoms with Crippen molar-refractivity contribution in [3.63, 3.8) is 0 Å². The van der Waals surface area contributed by atoms with E-state index in [1.807, 2.05) is 32.8 Å². The highest BCUT2D eigenvalue weighted by Crippen LogP contribution is 2.38. The van der Waals surface area contributed by atoms with Crippen molar-refractivity contribution in [2.45, 2.75) is 129 Å². The summed E-state index contributed by atoms with van der Waals surface area (Å²) in [6.45, 7) is 13.6. The molecule has 4 rings (SSSR count). The molecule has 0 spiro atoms. The molecule has 0 radical (unpaired) electrons. The Morgan fingerprint density at radius 3 is 2.29 bits per heavy atom. The highest BCUT2D eigenvalue weighted by molar-refractivity contribution is 6.00. The molecule has 3 heterocycles. The Morgan fingerprint density at radius 2 is 1.71 bits per heavy atom. The number of benzene rings is 1. The van der Waals surface area contributed by atoms with Crippen LogP contribution < -0.4 is 0 Å². The molecule has 0 unspecified atom stereocenters. The quantitative estimate of drug-likeness (QED) is 0.170. The van der Waals surface area contributed by atoms with E-state index in [1.165, 1.54) is 32.8 Å². The summed E-state index contributed by atoms with van der Waals surface area (Å²) in [6.07, 6.45) is 1.33. The third-order valence-corrected chi connectivity index (χ3v) is 11.1. The van der Waals surface area contributed by atoms with Crippen LogP contribution in [0, 0.1) is 17.8 Å². The van der Waals surface area contributed by atoms with Gasteiger partial charge in [0.15, 0.2) is 29.6 Å². The second-order valence-electron chi connectivity index (χ2n) is 15.7. The van der Waals surface area contributed by atoms with Crippen molar-refractivity contribution in [1.29, 1.82) is 0 Å². The van der Waals surface area contributed by atoms with Crippen molar-refractivity contribution in [3.05, 3.63) is 66.3 Å². The minimum Gasteiger partial charge on any atom is -0.457 e. The topological polar surface area (TPSA) is 162 Å². The van der Waals surface area contributed by atoms with E-state index >= 15 is 0 Å². The number of Topliss-reactive ketones (excluding diaryl/α,β-unsaturated/α-hetero) is 2. The third kappa shape index (κ3) is 10.0. The van der Waals surface area contributed by atoms with Crippen LogP contribution in [0.2, 0.25) is 0 Å². The molecule has 2 aliphatic heterocycles. The predicted molar refractivity (Wildman–Crippen MR) is 206 cm³/mol. The second-order valence-corrected chi connectivity index (χ2v) is 15.7. The second kappa shape index (κ2) is 18.8. The summed E-state index contributed by atoms with van der Waals surface area (Å²) in [4.78, 5) is 75.4. The number of rotatable bonds is 9. The molecule has 1 aromatic carbocycles. The zero-order valence-electron chi connectivity index (χ0n) is 34.6. The Bertz CT molecular complexity index is 1710. The smallest absolute Gasteiger partial charge is 0.420 e. The van der Waals surface area contributed by atoms with Crippen molar-refractivity contribution in [3.8, 4) is 0 Å². The lowest BCUT2D eigenvalue weighted by molar-refractivity contribution is -0.294. The number of ether oxygens (including phenoxy) is 6. The highest BCUT2D eigenvalue weighted by Gasteiger charge is 2.51. The number of hydrogen-bond donors (Lipinski definition) is 0. The molecule has 0 N–H and O–H groups in total. The van der Waals surface area contributed by atoms with E-state index in [1.54, 1.807) is 71.0 Å². The van der Waals surface area contributed by atoms with Gasteiger partial charge in [-0.25, -0.2) is 19.1 Å². The highest BCUT2D eigenvalue weighted by atomic mass is 16.7. The Labute approximate surface area is 330 Å². The van der Waals surface area contributed by atoms with E-state index in [0.717, 1.165) is 4.57 Å². The monoisotopic (exact) mass is 781 g/mol. The van der Waals surface area contributed by atoms with Crippen molar-refractivity contribution in [2.24, 2.45) is 17.8 Å². The summed E-state index contributed by atoms with van der Waals surface area (Å²) in [5.41, 5.74) is -2.23. The number of methoxy groups -OCH3 is 1. The van der Waals surface area contributed by atoms with Crippen LogP contribution in [0.1, 0.15) is 91.4 Å². The van der Waals surface area contributed by atoms with Crippen LogP contribution in [-0.2, 0) is 42.8 Å². The summed E-state index contributed by atoms with van der Waals surface area (Å²) in [6, 6.07) is 8.26. The molecule has 2 aromatic rings. The number of allylic oxidation sites excluding steroid dienone is 1. The zero-order valence-corrected chi connectivity index (χ0v) is 34.6. The Morgan fingerprint density at radius 1 is 1.04 bits per heavy atom. The molecule has 0 aliphatic carbocycles. The first-order valence-corrected chi connectivity index (χ1v) is 19.4. The molecule has 14 heteroatoms. The fourth-order valence-electron chi connectivity index (χ4n) is 7.80. The molecule has 308 valence electrons. The van der Waals surface area contributed by atoms with Gasteiger partial charge in [0.2, 0.25) is 0 Å². The minimum atomic E-state index is -1.61. The van der Waals surface area contributed by atoms with Crippen LogP contribution in [0.25, 0.3) is 0 Å². The summed E-state index contributed by atoms with van der Waals surface area (Å²) >= 11 is 0. The third-order valence-electron chi connectivity index (χ3n) is 11.1. The molecular formula is C42H59N3O11. The van der Waals surface area contributed by atoms with Gasteiger partial charge in [0.25, 0.3) is 0 Å². The molecule has 14 nitrogen and oxygen atoms in total. The number of carbonyl (C=O) groups is 5. The predicted octanol–water partition coefficient (Wildman–Crippen LogP) is 5.82. The molecule has 0 saturated carbocycles. The van der Waals surface area contributed by atoms with Gasteiger partial charge in [0.05, 0.1) is 29.4 Å². The summed E-state index contributed by atoms with van der Waals surface area (Å²) in [7, 11) is 5.23. The van der Waals surface area contributed by atoms with E-state index in [-0.39, 0.29) is 37.2 Å². The Hall–Kier alpha value is -4.24. The average Bonchev–Trinajstić information content (AvgIpc) is 3.73. The van der Waals surface area contributed by atoms with Crippen LogP contribution in [-0.4, -0.2) is 113 Å². The van der Waals surface area contributed by atoms with Crippen molar-refractivity contribution < 1.29 is 52.4 Å². The Kier molecular flexibility index (Phi) is 14.9.